The Labute approximate surface area is 171 Å². The number of likely N-dealkylation sites (tertiary alicyclic amines) is 1. The van der Waals surface area contributed by atoms with Gasteiger partial charge in [-0.1, -0.05) is 18.2 Å². The molecule has 2 saturated heterocycles. The third kappa shape index (κ3) is 5.47. The van der Waals surface area contributed by atoms with Crippen LogP contribution in [0.15, 0.2) is 24.3 Å². The first-order valence-corrected chi connectivity index (χ1v) is 10.1. The second-order valence-electron chi connectivity index (χ2n) is 7.78. The molecular weight excluding hydrogens is 372 g/mol. The van der Waals surface area contributed by atoms with Crippen LogP contribution in [-0.4, -0.2) is 86.0 Å². The summed E-state index contributed by atoms with van der Waals surface area (Å²) < 4.78 is 5.44. The Hall–Kier alpha value is -2.61. The van der Waals surface area contributed by atoms with E-state index in [1.807, 2.05) is 18.2 Å². The van der Waals surface area contributed by atoms with Crippen LogP contribution in [0.25, 0.3) is 0 Å². The van der Waals surface area contributed by atoms with Crippen molar-refractivity contribution in [2.24, 2.45) is 5.92 Å². The predicted octanol–water partition coefficient (Wildman–Crippen LogP) is 0.960. The molecule has 1 aromatic rings. The molecule has 8 nitrogen and oxygen atoms in total. The average Bonchev–Trinajstić information content (AvgIpc) is 3.04. The summed E-state index contributed by atoms with van der Waals surface area (Å²) in [6, 6.07) is 7.61. The number of piperidine rings is 1. The van der Waals surface area contributed by atoms with Gasteiger partial charge in [-0.25, -0.2) is 4.79 Å². The molecule has 1 aromatic carbocycles. The molecule has 0 aliphatic carbocycles. The molecule has 1 atom stereocenters. The zero-order valence-electron chi connectivity index (χ0n) is 17.2. The van der Waals surface area contributed by atoms with Crippen LogP contribution in [0.2, 0.25) is 0 Å². The van der Waals surface area contributed by atoms with E-state index in [-0.39, 0.29) is 24.9 Å². The van der Waals surface area contributed by atoms with Crippen molar-refractivity contribution in [2.75, 3.05) is 53.4 Å². The number of benzene rings is 1. The number of ether oxygens (including phenoxy) is 1. The number of hydrogen-bond acceptors (Lipinski definition) is 5. The van der Waals surface area contributed by atoms with Gasteiger partial charge in [0.2, 0.25) is 5.91 Å². The number of imide groups is 1. The number of carbonyl (C=O) groups excluding carboxylic acids is 3. The first-order valence-electron chi connectivity index (χ1n) is 10.1. The number of methoxy groups -OCH3 is 1. The fourth-order valence-corrected chi connectivity index (χ4v) is 4.05. The predicted molar refractivity (Wildman–Crippen MR) is 109 cm³/mol. The Morgan fingerprint density at radius 1 is 1.31 bits per heavy atom. The zero-order chi connectivity index (χ0) is 20.8. The number of likely N-dealkylation sites (N-methyl/N-ethyl adjacent to an activating group) is 1. The van der Waals surface area contributed by atoms with E-state index in [1.54, 1.807) is 19.1 Å². The summed E-state index contributed by atoms with van der Waals surface area (Å²) in [6.45, 7) is 3.37. The molecule has 0 bridgehead atoms. The van der Waals surface area contributed by atoms with E-state index in [0.717, 1.165) is 49.5 Å². The minimum absolute atomic E-state index is 0.0282. The van der Waals surface area contributed by atoms with Gasteiger partial charge in [-0.3, -0.25) is 14.5 Å². The standard InChI is InChI=1S/C21H30N4O4/c1-23(20(27)15-25-19(26)12-22-21(25)28)13-16-6-5-10-24(14-16)11-9-17-7-3-4-8-18(17)29-2/h3-4,7-8,16H,5-6,9-15H2,1-2H3,(H,22,28). The Kier molecular flexibility index (Phi) is 7.09. The number of para-hydroxylation sites is 1. The SMILES string of the molecule is COc1ccccc1CCN1CCCC(CN(C)C(=O)CN2C(=O)CNC2=O)C1. The molecule has 29 heavy (non-hydrogen) atoms. The van der Waals surface area contributed by atoms with Crippen LogP contribution >= 0.6 is 0 Å². The number of rotatable bonds is 8. The van der Waals surface area contributed by atoms with Crippen LogP contribution in [0.5, 0.6) is 5.75 Å². The van der Waals surface area contributed by atoms with E-state index in [0.29, 0.717) is 12.5 Å². The second kappa shape index (κ2) is 9.73. The van der Waals surface area contributed by atoms with Gasteiger partial charge in [0.05, 0.1) is 13.7 Å². The fraction of sp³-hybridized carbons (Fsp3) is 0.571. The topological polar surface area (TPSA) is 82.2 Å². The van der Waals surface area contributed by atoms with E-state index in [1.165, 1.54) is 5.56 Å². The van der Waals surface area contributed by atoms with Crippen LogP contribution < -0.4 is 10.1 Å². The van der Waals surface area contributed by atoms with Gasteiger partial charge in [0.1, 0.15) is 12.3 Å². The zero-order valence-corrected chi connectivity index (χ0v) is 17.2. The average molecular weight is 402 g/mol. The normalized spacial score (nSPS) is 19.9. The van der Waals surface area contributed by atoms with Crippen molar-refractivity contribution in [3.8, 4) is 5.75 Å². The fourth-order valence-electron chi connectivity index (χ4n) is 4.05. The Morgan fingerprint density at radius 3 is 2.83 bits per heavy atom. The van der Waals surface area contributed by atoms with E-state index in [9.17, 15) is 14.4 Å². The highest BCUT2D eigenvalue weighted by atomic mass is 16.5. The van der Waals surface area contributed by atoms with Crippen molar-refractivity contribution in [1.29, 1.82) is 0 Å². The Balaban J connectivity index is 1.47. The van der Waals surface area contributed by atoms with Crippen LogP contribution in [0.3, 0.4) is 0 Å². The summed E-state index contributed by atoms with van der Waals surface area (Å²) in [5.41, 5.74) is 1.21. The maximum atomic E-state index is 12.5. The molecule has 4 amide bonds. The van der Waals surface area contributed by atoms with E-state index >= 15 is 0 Å². The lowest BCUT2D eigenvalue weighted by molar-refractivity contribution is -0.136. The third-order valence-corrected chi connectivity index (χ3v) is 5.68. The molecule has 1 unspecified atom stereocenters. The molecule has 0 aromatic heterocycles. The molecule has 2 heterocycles. The lowest BCUT2D eigenvalue weighted by Gasteiger charge is -2.35. The summed E-state index contributed by atoms with van der Waals surface area (Å²) in [5, 5.41) is 2.44. The Morgan fingerprint density at radius 2 is 2.10 bits per heavy atom. The van der Waals surface area contributed by atoms with Crippen LogP contribution in [0, 0.1) is 5.92 Å². The molecule has 0 radical (unpaired) electrons. The molecule has 8 heteroatoms. The highest BCUT2D eigenvalue weighted by Gasteiger charge is 2.31. The number of nitrogens with zero attached hydrogens (tertiary/aromatic N) is 3. The van der Waals surface area contributed by atoms with Gasteiger partial charge in [-0.05, 0) is 43.4 Å². The molecule has 0 saturated carbocycles. The van der Waals surface area contributed by atoms with Crippen LogP contribution in [0.1, 0.15) is 18.4 Å². The van der Waals surface area contributed by atoms with Gasteiger partial charge >= 0.3 is 6.03 Å². The highest BCUT2D eigenvalue weighted by Crippen LogP contribution is 2.21. The molecule has 2 fully saturated rings. The Bertz CT molecular complexity index is 738. The third-order valence-electron chi connectivity index (χ3n) is 5.68. The summed E-state index contributed by atoms with van der Waals surface area (Å²) in [7, 11) is 3.44. The van der Waals surface area contributed by atoms with Crippen molar-refractivity contribution >= 4 is 17.8 Å². The molecule has 3 rings (SSSR count). The van der Waals surface area contributed by atoms with Gasteiger partial charge in [0, 0.05) is 26.7 Å². The van der Waals surface area contributed by atoms with Crippen molar-refractivity contribution in [1.82, 2.24) is 20.0 Å². The molecule has 158 valence electrons. The number of hydrogen-bond donors (Lipinski definition) is 1. The monoisotopic (exact) mass is 402 g/mol. The molecule has 0 spiro atoms. The van der Waals surface area contributed by atoms with Gasteiger partial charge in [0.25, 0.3) is 5.91 Å². The highest BCUT2D eigenvalue weighted by molar-refractivity contribution is 6.04. The van der Waals surface area contributed by atoms with Crippen LogP contribution in [0.4, 0.5) is 4.79 Å². The van der Waals surface area contributed by atoms with Crippen molar-refractivity contribution in [3.05, 3.63) is 29.8 Å². The second-order valence-corrected chi connectivity index (χ2v) is 7.78. The van der Waals surface area contributed by atoms with Crippen molar-refractivity contribution in [2.45, 2.75) is 19.3 Å². The number of amides is 4. The lowest BCUT2D eigenvalue weighted by atomic mass is 9.97. The summed E-state index contributed by atoms with van der Waals surface area (Å²) in [5.74, 6) is 0.754. The van der Waals surface area contributed by atoms with Gasteiger partial charge in [-0.2, -0.15) is 0 Å². The lowest BCUT2D eigenvalue weighted by Crippen LogP contribution is -2.45. The maximum absolute atomic E-state index is 12.5. The minimum atomic E-state index is -0.489. The van der Waals surface area contributed by atoms with Crippen molar-refractivity contribution in [3.63, 3.8) is 0 Å². The first-order chi connectivity index (χ1) is 14.0. The summed E-state index contributed by atoms with van der Waals surface area (Å²) in [4.78, 5) is 40.8. The molecule has 2 aliphatic heterocycles. The number of urea groups is 1. The van der Waals surface area contributed by atoms with Gasteiger partial charge < -0.3 is 19.9 Å². The number of nitrogens with one attached hydrogen (secondary N) is 1. The maximum Gasteiger partial charge on any atom is 0.325 e. The van der Waals surface area contributed by atoms with E-state index in [4.69, 9.17) is 4.74 Å². The quantitative estimate of drug-likeness (QED) is 0.655. The molecule has 2 aliphatic rings. The van der Waals surface area contributed by atoms with Crippen molar-refractivity contribution < 1.29 is 19.1 Å². The van der Waals surface area contributed by atoms with Gasteiger partial charge in [-0.15, -0.1) is 0 Å². The molecular formula is C21H30N4O4. The molecule has 1 N–H and O–H groups in total. The van der Waals surface area contributed by atoms with E-state index in [2.05, 4.69) is 16.3 Å². The van der Waals surface area contributed by atoms with Gasteiger partial charge in [0.15, 0.2) is 0 Å². The smallest absolute Gasteiger partial charge is 0.325 e. The minimum Gasteiger partial charge on any atom is -0.496 e. The largest absolute Gasteiger partial charge is 0.496 e. The van der Waals surface area contributed by atoms with E-state index < -0.39 is 6.03 Å². The van der Waals surface area contributed by atoms with Crippen LogP contribution in [-0.2, 0) is 16.0 Å². The summed E-state index contributed by atoms with van der Waals surface area (Å²) in [6.07, 6.45) is 3.11. The number of carbonyl (C=O) groups is 3. The first kappa shape index (κ1) is 21.1. The summed E-state index contributed by atoms with van der Waals surface area (Å²) >= 11 is 0.